The Bertz CT molecular complexity index is 246. The predicted molar refractivity (Wildman–Crippen MR) is 59.4 cm³/mol. The van der Waals surface area contributed by atoms with E-state index in [0.717, 1.165) is 32.6 Å². The molecule has 0 radical (unpaired) electrons. The van der Waals surface area contributed by atoms with Gasteiger partial charge in [0.2, 0.25) is 5.91 Å². The largest absolute Gasteiger partial charge is 0.368 e. The lowest BCUT2D eigenvalue weighted by atomic mass is 9.86. The minimum absolute atomic E-state index is 0.116. The zero-order valence-electron chi connectivity index (χ0n) is 9.46. The zero-order valence-corrected chi connectivity index (χ0v) is 9.46. The third-order valence-electron chi connectivity index (χ3n) is 3.90. The molecular formula is C11H21N3O. The van der Waals surface area contributed by atoms with Crippen molar-refractivity contribution in [3.63, 3.8) is 0 Å². The van der Waals surface area contributed by atoms with Crippen molar-refractivity contribution in [3.05, 3.63) is 0 Å². The normalized spacial score (nSPS) is 27.3. The van der Waals surface area contributed by atoms with E-state index in [4.69, 9.17) is 5.73 Å². The van der Waals surface area contributed by atoms with Gasteiger partial charge in [0, 0.05) is 26.2 Å². The first kappa shape index (κ1) is 10.9. The summed E-state index contributed by atoms with van der Waals surface area (Å²) in [4.78, 5) is 14.1. The number of hydrogen-bond donors (Lipinski definition) is 2. The van der Waals surface area contributed by atoms with Crippen LogP contribution in [0.2, 0.25) is 0 Å². The molecule has 0 bridgehead atoms. The second-order valence-corrected chi connectivity index (χ2v) is 4.65. The van der Waals surface area contributed by atoms with Crippen LogP contribution in [-0.4, -0.2) is 42.5 Å². The minimum atomic E-state index is -0.345. The topological polar surface area (TPSA) is 58.4 Å². The van der Waals surface area contributed by atoms with E-state index in [1.165, 1.54) is 12.8 Å². The molecule has 2 fully saturated rings. The van der Waals surface area contributed by atoms with Gasteiger partial charge in [0.1, 0.15) is 5.54 Å². The number of hydrogen-bond acceptors (Lipinski definition) is 3. The molecule has 1 aliphatic carbocycles. The number of nitrogens with one attached hydrogen (secondary N) is 1. The van der Waals surface area contributed by atoms with Gasteiger partial charge in [0.05, 0.1) is 0 Å². The van der Waals surface area contributed by atoms with Crippen LogP contribution >= 0.6 is 0 Å². The molecule has 3 N–H and O–H groups in total. The molecule has 2 aliphatic rings. The Labute approximate surface area is 91.2 Å². The summed E-state index contributed by atoms with van der Waals surface area (Å²) in [6, 6.07) is 0. The second kappa shape index (κ2) is 4.10. The Morgan fingerprint density at radius 2 is 2.07 bits per heavy atom. The third-order valence-corrected chi connectivity index (χ3v) is 3.90. The average molecular weight is 211 g/mol. The number of primary amides is 1. The van der Waals surface area contributed by atoms with Gasteiger partial charge in [-0.05, 0) is 25.2 Å². The Morgan fingerprint density at radius 3 is 2.47 bits per heavy atom. The molecule has 1 heterocycles. The molecule has 0 aromatic heterocycles. The van der Waals surface area contributed by atoms with E-state index in [9.17, 15) is 4.79 Å². The predicted octanol–water partition coefficient (Wildman–Crippen LogP) is -0.0643. The van der Waals surface area contributed by atoms with Gasteiger partial charge < -0.3 is 11.1 Å². The molecule has 86 valence electrons. The summed E-state index contributed by atoms with van der Waals surface area (Å²) < 4.78 is 0. The summed E-state index contributed by atoms with van der Waals surface area (Å²) in [5.74, 6) is 0.396. The van der Waals surface area contributed by atoms with Crippen LogP contribution in [0.4, 0.5) is 0 Å². The minimum Gasteiger partial charge on any atom is -0.368 e. The Hall–Kier alpha value is -0.610. The maximum absolute atomic E-state index is 11.8. The van der Waals surface area contributed by atoms with Crippen LogP contribution in [0.25, 0.3) is 0 Å². The monoisotopic (exact) mass is 211 g/mol. The first-order chi connectivity index (χ1) is 7.21. The van der Waals surface area contributed by atoms with E-state index in [0.29, 0.717) is 5.92 Å². The number of carbonyl (C=O) groups excluding carboxylic acids is 1. The van der Waals surface area contributed by atoms with E-state index < -0.39 is 0 Å². The fourth-order valence-electron chi connectivity index (χ4n) is 2.93. The molecule has 4 nitrogen and oxygen atoms in total. The molecule has 2 rings (SSSR count). The molecule has 0 spiro atoms. The average Bonchev–Trinajstić information content (AvgIpc) is 3.05. The summed E-state index contributed by atoms with van der Waals surface area (Å²) in [6.07, 6.45) is 3.19. The fraction of sp³-hybridized carbons (Fsp3) is 0.909. The fourth-order valence-corrected chi connectivity index (χ4v) is 2.93. The highest BCUT2D eigenvalue weighted by molar-refractivity contribution is 5.85. The smallest absolute Gasteiger partial charge is 0.238 e. The van der Waals surface area contributed by atoms with Crippen LogP contribution in [-0.2, 0) is 4.79 Å². The van der Waals surface area contributed by atoms with E-state index in [1.807, 2.05) is 0 Å². The molecule has 1 saturated carbocycles. The van der Waals surface area contributed by atoms with Gasteiger partial charge in [-0.15, -0.1) is 0 Å². The molecule has 0 aromatic carbocycles. The van der Waals surface area contributed by atoms with Gasteiger partial charge in [-0.3, -0.25) is 9.69 Å². The number of carbonyl (C=O) groups is 1. The van der Waals surface area contributed by atoms with E-state index >= 15 is 0 Å². The molecule has 1 atom stereocenters. The molecule has 1 amide bonds. The van der Waals surface area contributed by atoms with Crippen LogP contribution in [0.15, 0.2) is 0 Å². The van der Waals surface area contributed by atoms with Gasteiger partial charge in [-0.1, -0.05) is 6.92 Å². The van der Waals surface area contributed by atoms with Crippen molar-refractivity contribution in [2.24, 2.45) is 11.7 Å². The SMILES string of the molecule is CCC(C(N)=O)(C1CC1)N1CCNCC1. The van der Waals surface area contributed by atoms with Crippen LogP contribution in [0, 0.1) is 5.92 Å². The molecule has 4 heteroatoms. The highest BCUT2D eigenvalue weighted by atomic mass is 16.1. The van der Waals surface area contributed by atoms with Crippen molar-refractivity contribution in [1.82, 2.24) is 10.2 Å². The summed E-state index contributed by atoms with van der Waals surface area (Å²) in [5, 5.41) is 3.32. The Morgan fingerprint density at radius 1 is 1.47 bits per heavy atom. The maximum atomic E-state index is 11.8. The van der Waals surface area contributed by atoms with Crippen molar-refractivity contribution >= 4 is 5.91 Å². The van der Waals surface area contributed by atoms with Gasteiger partial charge in [0.15, 0.2) is 0 Å². The number of piperazine rings is 1. The van der Waals surface area contributed by atoms with Crippen molar-refractivity contribution in [1.29, 1.82) is 0 Å². The molecular weight excluding hydrogens is 190 g/mol. The molecule has 1 saturated heterocycles. The number of nitrogens with two attached hydrogens (primary N) is 1. The van der Waals surface area contributed by atoms with Crippen LogP contribution in [0.5, 0.6) is 0 Å². The van der Waals surface area contributed by atoms with Crippen molar-refractivity contribution in [3.8, 4) is 0 Å². The lowest BCUT2D eigenvalue weighted by Crippen LogP contribution is -2.63. The molecule has 1 aliphatic heterocycles. The third kappa shape index (κ3) is 1.76. The van der Waals surface area contributed by atoms with Crippen molar-refractivity contribution in [2.75, 3.05) is 26.2 Å². The number of rotatable bonds is 4. The maximum Gasteiger partial charge on any atom is 0.238 e. The summed E-state index contributed by atoms with van der Waals surface area (Å²) in [7, 11) is 0. The van der Waals surface area contributed by atoms with Crippen LogP contribution in [0.1, 0.15) is 26.2 Å². The molecule has 1 unspecified atom stereocenters. The van der Waals surface area contributed by atoms with E-state index in [2.05, 4.69) is 17.1 Å². The zero-order chi connectivity index (χ0) is 10.9. The number of amides is 1. The van der Waals surface area contributed by atoms with Gasteiger partial charge in [-0.2, -0.15) is 0 Å². The first-order valence-electron chi connectivity index (χ1n) is 5.97. The summed E-state index contributed by atoms with van der Waals surface area (Å²) >= 11 is 0. The first-order valence-corrected chi connectivity index (χ1v) is 5.97. The number of nitrogens with zero attached hydrogens (tertiary/aromatic N) is 1. The van der Waals surface area contributed by atoms with Crippen molar-refractivity contribution < 1.29 is 4.79 Å². The molecule has 15 heavy (non-hydrogen) atoms. The van der Waals surface area contributed by atoms with Gasteiger partial charge >= 0.3 is 0 Å². The van der Waals surface area contributed by atoms with Gasteiger partial charge in [0.25, 0.3) is 0 Å². The lowest BCUT2D eigenvalue weighted by molar-refractivity contribution is -0.133. The Balaban J connectivity index is 2.18. The highest BCUT2D eigenvalue weighted by Gasteiger charge is 2.52. The summed E-state index contributed by atoms with van der Waals surface area (Å²) in [6.45, 7) is 5.94. The summed E-state index contributed by atoms with van der Waals surface area (Å²) in [5.41, 5.74) is 5.31. The van der Waals surface area contributed by atoms with E-state index in [1.54, 1.807) is 0 Å². The van der Waals surface area contributed by atoms with E-state index in [-0.39, 0.29) is 11.4 Å². The van der Waals surface area contributed by atoms with Crippen LogP contribution in [0.3, 0.4) is 0 Å². The van der Waals surface area contributed by atoms with Gasteiger partial charge in [-0.25, -0.2) is 0 Å². The lowest BCUT2D eigenvalue weighted by Gasteiger charge is -2.43. The quantitative estimate of drug-likeness (QED) is 0.684. The second-order valence-electron chi connectivity index (χ2n) is 4.65. The molecule has 0 aromatic rings. The Kier molecular flexibility index (Phi) is 2.98. The van der Waals surface area contributed by atoms with Crippen LogP contribution < -0.4 is 11.1 Å². The van der Waals surface area contributed by atoms with Crippen molar-refractivity contribution in [2.45, 2.75) is 31.7 Å². The highest BCUT2D eigenvalue weighted by Crippen LogP contribution is 2.45. The standard InChI is InChI=1S/C11H21N3O/c1-2-11(10(12)15,9-3-4-9)14-7-5-13-6-8-14/h9,13H,2-8H2,1H3,(H2,12,15).